The summed E-state index contributed by atoms with van der Waals surface area (Å²) in [6, 6.07) is -4.72. The summed E-state index contributed by atoms with van der Waals surface area (Å²) < 4.78 is 0. The maximum atomic E-state index is 12.8. The van der Waals surface area contributed by atoms with Crippen LogP contribution in [0.25, 0.3) is 0 Å². The molecule has 0 aliphatic carbocycles. The first-order chi connectivity index (χ1) is 16.0. The van der Waals surface area contributed by atoms with Gasteiger partial charge in [0, 0.05) is 30.5 Å². The maximum absolute atomic E-state index is 12.8. The maximum Gasteiger partial charge on any atom is 0.326 e. The number of aromatic amines is 1. The van der Waals surface area contributed by atoms with Gasteiger partial charge in [0.25, 0.3) is 0 Å². The molecule has 0 spiro atoms. The summed E-state index contributed by atoms with van der Waals surface area (Å²) in [5, 5.41) is 25.6. The number of carbonyl (C=O) groups is 5. The average Bonchev–Trinajstić information content (AvgIpc) is 3.29. The van der Waals surface area contributed by atoms with Gasteiger partial charge < -0.3 is 36.9 Å². The van der Waals surface area contributed by atoms with Crippen molar-refractivity contribution in [3.8, 4) is 0 Å². The smallest absolute Gasteiger partial charge is 0.326 e. The standard InChI is InChI=1S/C20H32N6O7S/c1-3-10(2)16(20(32)33)26-19(31)14(8-34)25-18(30)13(4-5-15(27)28)24-17(29)12(21)6-11-7-22-9-23-11/h7,9-10,12-14,16,34H,3-6,8,21H2,1-2H3,(H,22,23)(H,24,29)(H,25,30)(H,26,31)(H,27,28)(H,32,33). The first kappa shape index (κ1) is 28.9. The predicted octanol–water partition coefficient (Wildman–Crippen LogP) is -1.34. The Morgan fingerprint density at radius 1 is 1.09 bits per heavy atom. The molecular weight excluding hydrogens is 468 g/mol. The number of nitrogens with two attached hydrogens (primary N) is 1. The van der Waals surface area contributed by atoms with Gasteiger partial charge in [-0.1, -0.05) is 20.3 Å². The predicted molar refractivity (Wildman–Crippen MR) is 124 cm³/mol. The highest BCUT2D eigenvalue weighted by molar-refractivity contribution is 7.80. The van der Waals surface area contributed by atoms with E-state index in [9.17, 15) is 29.1 Å². The van der Waals surface area contributed by atoms with Gasteiger partial charge in [0.05, 0.1) is 12.4 Å². The van der Waals surface area contributed by atoms with Gasteiger partial charge in [-0.2, -0.15) is 12.6 Å². The van der Waals surface area contributed by atoms with Crippen LogP contribution < -0.4 is 21.7 Å². The number of carboxylic acids is 2. The number of aromatic nitrogens is 2. The van der Waals surface area contributed by atoms with Crippen molar-refractivity contribution in [2.75, 3.05) is 5.75 Å². The summed E-state index contributed by atoms with van der Waals surface area (Å²) in [5.74, 6) is -5.22. The number of H-pyrrole nitrogens is 1. The van der Waals surface area contributed by atoms with E-state index in [1.54, 1.807) is 13.8 Å². The second kappa shape index (κ2) is 14.2. The fraction of sp³-hybridized carbons (Fsp3) is 0.600. The molecule has 0 aliphatic heterocycles. The van der Waals surface area contributed by atoms with Crippen LogP contribution in [0.1, 0.15) is 38.8 Å². The van der Waals surface area contributed by atoms with Gasteiger partial charge in [0.2, 0.25) is 17.7 Å². The van der Waals surface area contributed by atoms with Crippen molar-refractivity contribution < 1.29 is 34.2 Å². The van der Waals surface area contributed by atoms with Crippen molar-refractivity contribution in [1.29, 1.82) is 0 Å². The molecule has 1 aromatic heterocycles. The summed E-state index contributed by atoms with van der Waals surface area (Å²) >= 11 is 4.05. The Morgan fingerprint density at radius 2 is 1.71 bits per heavy atom. The molecule has 5 unspecified atom stereocenters. The first-order valence-electron chi connectivity index (χ1n) is 10.7. The molecule has 8 N–H and O–H groups in total. The number of aliphatic carboxylic acids is 2. The summed E-state index contributed by atoms with van der Waals surface area (Å²) in [4.78, 5) is 67.0. The normalized spacial score (nSPS) is 15.3. The van der Waals surface area contributed by atoms with E-state index in [0.29, 0.717) is 12.1 Å². The van der Waals surface area contributed by atoms with E-state index in [-0.39, 0.29) is 24.5 Å². The number of nitrogens with zero attached hydrogens (tertiary/aromatic N) is 1. The Hall–Kier alpha value is -3.13. The van der Waals surface area contributed by atoms with Gasteiger partial charge in [-0.3, -0.25) is 19.2 Å². The van der Waals surface area contributed by atoms with Gasteiger partial charge in [-0.05, 0) is 12.3 Å². The second-order valence-electron chi connectivity index (χ2n) is 7.83. The van der Waals surface area contributed by atoms with Crippen molar-refractivity contribution >= 4 is 42.3 Å². The molecule has 0 bridgehead atoms. The van der Waals surface area contributed by atoms with Crippen LogP contribution >= 0.6 is 12.6 Å². The molecule has 1 aromatic rings. The minimum Gasteiger partial charge on any atom is -0.481 e. The Morgan fingerprint density at radius 3 is 2.21 bits per heavy atom. The van der Waals surface area contributed by atoms with Crippen LogP contribution in [-0.2, 0) is 30.4 Å². The van der Waals surface area contributed by atoms with E-state index in [2.05, 4.69) is 38.5 Å². The molecule has 0 aliphatic rings. The average molecular weight is 501 g/mol. The SMILES string of the molecule is CCC(C)C(NC(=O)C(CS)NC(=O)C(CCC(=O)O)NC(=O)C(N)Cc1cnc[nH]1)C(=O)O. The third-order valence-corrected chi connectivity index (χ3v) is 5.57. The van der Waals surface area contributed by atoms with Crippen LogP contribution in [0.2, 0.25) is 0 Å². The zero-order chi connectivity index (χ0) is 25.8. The van der Waals surface area contributed by atoms with E-state index in [4.69, 9.17) is 10.8 Å². The fourth-order valence-electron chi connectivity index (χ4n) is 2.94. The quantitative estimate of drug-likeness (QED) is 0.133. The largest absolute Gasteiger partial charge is 0.481 e. The zero-order valence-electron chi connectivity index (χ0n) is 19.0. The van der Waals surface area contributed by atoms with Gasteiger partial charge in [-0.25, -0.2) is 9.78 Å². The molecule has 190 valence electrons. The van der Waals surface area contributed by atoms with Gasteiger partial charge in [0.15, 0.2) is 0 Å². The number of hydrogen-bond acceptors (Lipinski definition) is 8. The van der Waals surface area contributed by atoms with E-state index in [0.717, 1.165) is 0 Å². The number of nitrogens with one attached hydrogen (secondary N) is 4. The molecule has 0 radical (unpaired) electrons. The third kappa shape index (κ3) is 9.39. The highest BCUT2D eigenvalue weighted by Crippen LogP contribution is 2.09. The minimum absolute atomic E-state index is 0.104. The lowest BCUT2D eigenvalue weighted by molar-refractivity contribution is -0.143. The van der Waals surface area contributed by atoms with Crippen molar-refractivity contribution in [1.82, 2.24) is 25.9 Å². The lowest BCUT2D eigenvalue weighted by Crippen LogP contribution is -2.58. The monoisotopic (exact) mass is 500 g/mol. The van der Waals surface area contributed by atoms with Crippen LogP contribution in [0.4, 0.5) is 0 Å². The van der Waals surface area contributed by atoms with Crippen molar-refractivity contribution in [3.63, 3.8) is 0 Å². The molecule has 1 heterocycles. The molecule has 13 nitrogen and oxygen atoms in total. The van der Waals surface area contributed by atoms with E-state index in [1.807, 2.05) is 0 Å². The highest BCUT2D eigenvalue weighted by atomic mass is 32.1. The molecule has 34 heavy (non-hydrogen) atoms. The number of amides is 3. The van der Waals surface area contributed by atoms with E-state index < -0.39 is 60.2 Å². The minimum atomic E-state index is -1.29. The Balaban J connectivity index is 2.87. The summed E-state index contributed by atoms with van der Waals surface area (Å²) in [5.41, 5.74) is 6.47. The Kier molecular flexibility index (Phi) is 12.1. The lowest BCUT2D eigenvalue weighted by Gasteiger charge is -2.25. The number of carbonyl (C=O) groups excluding carboxylic acids is 3. The first-order valence-corrected chi connectivity index (χ1v) is 11.3. The van der Waals surface area contributed by atoms with Crippen LogP contribution in [0.5, 0.6) is 0 Å². The number of hydrogen-bond donors (Lipinski definition) is 8. The van der Waals surface area contributed by atoms with Crippen LogP contribution in [0.3, 0.4) is 0 Å². The molecule has 0 saturated carbocycles. The lowest BCUT2D eigenvalue weighted by atomic mass is 9.99. The van der Waals surface area contributed by atoms with E-state index in [1.165, 1.54) is 12.5 Å². The van der Waals surface area contributed by atoms with Crippen LogP contribution in [0, 0.1) is 5.92 Å². The number of rotatable bonds is 15. The molecule has 0 fully saturated rings. The molecule has 5 atom stereocenters. The summed E-state index contributed by atoms with van der Waals surface area (Å²) in [7, 11) is 0. The zero-order valence-corrected chi connectivity index (χ0v) is 19.9. The number of thiol groups is 1. The topological polar surface area (TPSA) is 217 Å². The van der Waals surface area contributed by atoms with Gasteiger partial charge in [0.1, 0.15) is 18.1 Å². The van der Waals surface area contributed by atoms with Crippen molar-refractivity contribution in [3.05, 3.63) is 18.2 Å². The molecular formula is C20H32N6O7S. The highest BCUT2D eigenvalue weighted by Gasteiger charge is 2.31. The van der Waals surface area contributed by atoms with Crippen LogP contribution in [0.15, 0.2) is 12.5 Å². The fourth-order valence-corrected chi connectivity index (χ4v) is 3.20. The molecule has 14 heteroatoms. The Labute approximate surface area is 202 Å². The molecule has 0 saturated heterocycles. The second-order valence-corrected chi connectivity index (χ2v) is 8.20. The number of carboxylic acid groups (broad SMARTS) is 2. The summed E-state index contributed by atoms with van der Waals surface area (Å²) in [6.45, 7) is 3.44. The Bertz CT molecular complexity index is 850. The van der Waals surface area contributed by atoms with Gasteiger partial charge in [-0.15, -0.1) is 0 Å². The number of imidazole rings is 1. The van der Waals surface area contributed by atoms with E-state index >= 15 is 0 Å². The van der Waals surface area contributed by atoms with Gasteiger partial charge >= 0.3 is 11.9 Å². The molecule has 1 rings (SSSR count). The van der Waals surface area contributed by atoms with Crippen molar-refractivity contribution in [2.24, 2.45) is 11.7 Å². The van der Waals surface area contributed by atoms with Crippen LogP contribution in [-0.4, -0.2) is 79.8 Å². The summed E-state index contributed by atoms with van der Waals surface area (Å²) in [6.07, 6.45) is 2.82. The molecule has 0 aromatic carbocycles. The third-order valence-electron chi connectivity index (χ3n) is 5.20. The van der Waals surface area contributed by atoms with Crippen molar-refractivity contribution in [2.45, 2.75) is 63.7 Å². The molecule has 3 amide bonds.